The Hall–Kier alpha value is -2.12. The van der Waals surface area contributed by atoms with Crippen LogP contribution in [0.4, 0.5) is 5.82 Å². The molecular formula is C20H27N5OS. The number of aromatic nitrogens is 2. The summed E-state index contributed by atoms with van der Waals surface area (Å²) in [5.41, 5.74) is 2.16. The Morgan fingerprint density at radius 2 is 1.89 bits per heavy atom. The van der Waals surface area contributed by atoms with Crippen LogP contribution in [0.5, 0.6) is 0 Å². The van der Waals surface area contributed by atoms with Crippen molar-refractivity contribution < 1.29 is 4.79 Å². The third-order valence-corrected chi connectivity index (χ3v) is 5.41. The molecule has 0 unspecified atom stereocenters. The maximum Gasteiger partial charge on any atom is 0.230 e. The van der Waals surface area contributed by atoms with Gasteiger partial charge in [0.25, 0.3) is 0 Å². The van der Waals surface area contributed by atoms with Crippen molar-refractivity contribution in [2.24, 2.45) is 0 Å². The molecule has 1 saturated heterocycles. The number of carbonyl (C=O) groups is 1. The van der Waals surface area contributed by atoms with E-state index in [9.17, 15) is 4.79 Å². The molecule has 0 spiro atoms. The summed E-state index contributed by atoms with van der Waals surface area (Å²) in [6, 6.07) is 12.2. The smallest absolute Gasteiger partial charge is 0.230 e. The highest BCUT2D eigenvalue weighted by molar-refractivity contribution is 7.99. The topological polar surface area (TPSA) is 61.4 Å². The number of rotatable bonds is 7. The molecule has 1 N–H and O–H groups in total. The van der Waals surface area contributed by atoms with Crippen LogP contribution in [0.15, 0.2) is 41.6 Å². The zero-order valence-electron chi connectivity index (χ0n) is 16.0. The Morgan fingerprint density at radius 3 is 2.63 bits per heavy atom. The van der Waals surface area contributed by atoms with E-state index in [2.05, 4.69) is 44.3 Å². The van der Waals surface area contributed by atoms with Gasteiger partial charge in [-0.1, -0.05) is 42.1 Å². The predicted molar refractivity (Wildman–Crippen MR) is 110 cm³/mol. The fraction of sp³-hybridized carbons (Fsp3) is 0.450. The number of piperazine rings is 1. The van der Waals surface area contributed by atoms with Crippen molar-refractivity contribution in [3.05, 3.63) is 47.7 Å². The molecule has 1 aliphatic heterocycles. The second-order valence-corrected chi connectivity index (χ2v) is 7.76. The lowest BCUT2D eigenvalue weighted by Gasteiger charge is -2.33. The van der Waals surface area contributed by atoms with Gasteiger partial charge in [0.15, 0.2) is 5.16 Å². The first-order chi connectivity index (χ1) is 13.1. The highest BCUT2D eigenvalue weighted by Crippen LogP contribution is 2.20. The van der Waals surface area contributed by atoms with Crippen molar-refractivity contribution in [3.63, 3.8) is 0 Å². The second kappa shape index (κ2) is 9.71. The number of anilines is 1. The summed E-state index contributed by atoms with van der Waals surface area (Å²) < 4.78 is 0. The summed E-state index contributed by atoms with van der Waals surface area (Å²) in [6.45, 7) is 6.63. The molecule has 0 radical (unpaired) electrons. The number of nitrogens with one attached hydrogen (secondary N) is 1. The molecule has 2 aromatic rings. The second-order valence-electron chi connectivity index (χ2n) is 6.81. The van der Waals surface area contributed by atoms with Crippen LogP contribution >= 0.6 is 11.8 Å². The largest absolute Gasteiger partial charge is 0.355 e. The number of amides is 1. The summed E-state index contributed by atoms with van der Waals surface area (Å²) in [5, 5.41) is 3.64. The molecule has 27 heavy (non-hydrogen) atoms. The molecule has 0 bridgehead atoms. The molecule has 1 fully saturated rings. The number of carbonyl (C=O) groups excluding carboxylic acids is 1. The van der Waals surface area contributed by atoms with Crippen LogP contribution in [-0.4, -0.2) is 66.3 Å². The molecule has 6 nitrogen and oxygen atoms in total. The molecule has 1 aromatic heterocycles. The minimum atomic E-state index is 0.0159. The molecular weight excluding hydrogens is 358 g/mol. The molecule has 144 valence electrons. The highest BCUT2D eigenvalue weighted by atomic mass is 32.2. The molecule has 1 aliphatic rings. The van der Waals surface area contributed by atoms with Gasteiger partial charge in [0.2, 0.25) is 5.91 Å². The maximum absolute atomic E-state index is 12.1. The van der Waals surface area contributed by atoms with Gasteiger partial charge in [-0.25, -0.2) is 9.97 Å². The van der Waals surface area contributed by atoms with Gasteiger partial charge >= 0.3 is 0 Å². The van der Waals surface area contributed by atoms with Crippen molar-refractivity contribution in [2.75, 3.05) is 50.4 Å². The van der Waals surface area contributed by atoms with Gasteiger partial charge in [0.1, 0.15) is 5.82 Å². The van der Waals surface area contributed by atoms with Gasteiger partial charge in [0.05, 0.1) is 5.75 Å². The fourth-order valence-corrected chi connectivity index (χ4v) is 3.69. The third kappa shape index (κ3) is 6.22. The Labute approximate surface area is 165 Å². The van der Waals surface area contributed by atoms with Gasteiger partial charge < -0.3 is 15.1 Å². The van der Waals surface area contributed by atoms with E-state index in [0.29, 0.717) is 17.5 Å². The number of benzene rings is 1. The van der Waals surface area contributed by atoms with E-state index in [4.69, 9.17) is 0 Å². The fourth-order valence-electron chi connectivity index (χ4n) is 2.96. The SMILES string of the molecule is Cc1cc(N2CCN(C)CC2)nc(SCC(=O)NCCc2ccccc2)n1. The average molecular weight is 386 g/mol. The normalized spacial score (nSPS) is 15.0. The number of thioether (sulfide) groups is 1. The van der Waals surface area contributed by atoms with Crippen LogP contribution in [0.1, 0.15) is 11.3 Å². The standard InChI is InChI=1S/C20H27N5OS/c1-16-14-18(25-12-10-24(2)11-13-25)23-20(22-16)27-15-19(26)21-9-8-17-6-4-3-5-7-17/h3-7,14H,8-13,15H2,1-2H3,(H,21,26). The minimum Gasteiger partial charge on any atom is -0.355 e. The number of aryl methyl sites for hydroxylation is 1. The zero-order chi connectivity index (χ0) is 19.1. The van der Waals surface area contributed by atoms with E-state index in [-0.39, 0.29) is 5.91 Å². The van der Waals surface area contributed by atoms with Gasteiger partial charge in [-0.05, 0) is 26.0 Å². The van der Waals surface area contributed by atoms with Crippen molar-refractivity contribution in [1.82, 2.24) is 20.2 Å². The summed E-state index contributed by atoms with van der Waals surface area (Å²) in [5.74, 6) is 1.31. The molecule has 0 aliphatic carbocycles. The number of hydrogen-bond acceptors (Lipinski definition) is 6. The molecule has 3 rings (SSSR count). The first kappa shape index (κ1) is 19.6. The lowest BCUT2D eigenvalue weighted by Crippen LogP contribution is -2.44. The number of likely N-dealkylation sites (N-methyl/N-ethyl adjacent to an activating group) is 1. The van der Waals surface area contributed by atoms with Crippen LogP contribution in [0.3, 0.4) is 0 Å². The Morgan fingerprint density at radius 1 is 1.15 bits per heavy atom. The van der Waals surface area contributed by atoms with Crippen molar-refractivity contribution >= 4 is 23.5 Å². The Kier molecular flexibility index (Phi) is 7.06. The Bertz CT molecular complexity index is 747. The zero-order valence-corrected chi connectivity index (χ0v) is 16.8. The molecule has 2 heterocycles. The van der Waals surface area contributed by atoms with E-state index in [1.807, 2.05) is 31.2 Å². The van der Waals surface area contributed by atoms with Crippen molar-refractivity contribution in [1.29, 1.82) is 0 Å². The highest BCUT2D eigenvalue weighted by Gasteiger charge is 2.17. The maximum atomic E-state index is 12.1. The predicted octanol–water partition coefficient (Wildman–Crippen LogP) is 1.99. The summed E-state index contributed by atoms with van der Waals surface area (Å²) in [7, 11) is 2.14. The summed E-state index contributed by atoms with van der Waals surface area (Å²) in [4.78, 5) is 25.9. The van der Waals surface area contributed by atoms with E-state index in [1.165, 1.54) is 17.3 Å². The Balaban J connectivity index is 1.47. The molecule has 0 atom stereocenters. The van der Waals surface area contributed by atoms with Crippen LogP contribution in [0.2, 0.25) is 0 Å². The van der Waals surface area contributed by atoms with Gasteiger partial charge in [-0.15, -0.1) is 0 Å². The van der Waals surface area contributed by atoms with Gasteiger partial charge in [-0.3, -0.25) is 4.79 Å². The first-order valence-electron chi connectivity index (χ1n) is 9.33. The molecule has 1 aromatic carbocycles. The number of hydrogen-bond donors (Lipinski definition) is 1. The third-order valence-electron chi connectivity index (χ3n) is 4.56. The van der Waals surface area contributed by atoms with Crippen LogP contribution in [-0.2, 0) is 11.2 Å². The minimum absolute atomic E-state index is 0.0159. The van der Waals surface area contributed by atoms with E-state index in [0.717, 1.165) is 44.1 Å². The lowest BCUT2D eigenvalue weighted by atomic mass is 10.1. The van der Waals surface area contributed by atoms with Crippen LogP contribution in [0.25, 0.3) is 0 Å². The molecule has 0 saturated carbocycles. The molecule has 7 heteroatoms. The average Bonchev–Trinajstić information content (AvgIpc) is 2.67. The quantitative estimate of drug-likeness (QED) is 0.581. The van der Waals surface area contributed by atoms with Crippen LogP contribution in [0, 0.1) is 6.92 Å². The van der Waals surface area contributed by atoms with E-state index < -0.39 is 0 Å². The van der Waals surface area contributed by atoms with E-state index >= 15 is 0 Å². The molecule has 1 amide bonds. The number of nitrogens with zero attached hydrogens (tertiary/aromatic N) is 4. The summed E-state index contributed by atoms with van der Waals surface area (Å²) in [6.07, 6.45) is 0.839. The van der Waals surface area contributed by atoms with Gasteiger partial charge in [-0.2, -0.15) is 0 Å². The van der Waals surface area contributed by atoms with Crippen molar-refractivity contribution in [2.45, 2.75) is 18.5 Å². The van der Waals surface area contributed by atoms with E-state index in [1.54, 1.807) is 0 Å². The first-order valence-corrected chi connectivity index (χ1v) is 10.3. The van der Waals surface area contributed by atoms with Crippen molar-refractivity contribution in [3.8, 4) is 0 Å². The summed E-state index contributed by atoms with van der Waals surface area (Å²) >= 11 is 1.40. The van der Waals surface area contributed by atoms with Crippen LogP contribution < -0.4 is 10.2 Å². The monoisotopic (exact) mass is 385 g/mol. The lowest BCUT2D eigenvalue weighted by molar-refractivity contribution is -0.118. The van der Waals surface area contributed by atoms with Gasteiger partial charge in [0, 0.05) is 44.5 Å².